The van der Waals surface area contributed by atoms with E-state index >= 15 is 0 Å². The van der Waals surface area contributed by atoms with Crippen molar-refractivity contribution in [2.45, 2.75) is 26.2 Å². The first-order chi connectivity index (χ1) is 10.1. The minimum absolute atomic E-state index is 0.810. The van der Waals surface area contributed by atoms with Crippen LogP contribution in [0.2, 0.25) is 0 Å². The molecule has 0 radical (unpaired) electrons. The second-order valence-electron chi connectivity index (χ2n) is 6.25. The molecule has 1 aliphatic heterocycles. The summed E-state index contributed by atoms with van der Waals surface area (Å²) in [6.45, 7) is 4.47. The standard InChI is InChI=1S/C17H24N4/c1-13-19-12-17(21(13)3)16-11-15(4-7-18-16)10-14-5-8-20(2)9-6-14/h4,7,11-12,14H,5-6,8-10H2,1-3H3. The van der Waals surface area contributed by atoms with Gasteiger partial charge in [0.15, 0.2) is 0 Å². The zero-order valence-corrected chi connectivity index (χ0v) is 13.2. The fraction of sp³-hybridized carbons (Fsp3) is 0.529. The summed E-state index contributed by atoms with van der Waals surface area (Å²) in [5, 5.41) is 0. The molecule has 0 amide bonds. The summed E-state index contributed by atoms with van der Waals surface area (Å²) in [6, 6.07) is 4.39. The number of hydrogen-bond donors (Lipinski definition) is 0. The maximum atomic E-state index is 4.52. The van der Waals surface area contributed by atoms with Gasteiger partial charge in [0, 0.05) is 13.2 Å². The van der Waals surface area contributed by atoms with E-state index < -0.39 is 0 Å². The maximum Gasteiger partial charge on any atom is 0.105 e. The van der Waals surface area contributed by atoms with Crippen molar-refractivity contribution in [3.8, 4) is 11.4 Å². The Morgan fingerprint density at radius 1 is 1.19 bits per heavy atom. The first-order valence-corrected chi connectivity index (χ1v) is 7.75. The molecule has 4 nitrogen and oxygen atoms in total. The molecule has 1 aliphatic rings. The van der Waals surface area contributed by atoms with Crippen molar-refractivity contribution in [1.29, 1.82) is 0 Å². The largest absolute Gasteiger partial charge is 0.330 e. The van der Waals surface area contributed by atoms with E-state index in [1.807, 2.05) is 26.4 Å². The highest BCUT2D eigenvalue weighted by Crippen LogP contribution is 2.23. The van der Waals surface area contributed by atoms with Gasteiger partial charge in [-0.15, -0.1) is 0 Å². The molecule has 2 aromatic rings. The summed E-state index contributed by atoms with van der Waals surface area (Å²) in [4.78, 5) is 11.3. The first kappa shape index (κ1) is 14.3. The summed E-state index contributed by atoms with van der Waals surface area (Å²) in [5.41, 5.74) is 3.52. The van der Waals surface area contributed by atoms with E-state index in [-0.39, 0.29) is 0 Å². The molecule has 0 unspecified atom stereocenters. The van der Waals surface area contributed by atoms with Gasteiger partial charge in [-0.05, 0) is 69.9 Å². The highest BCUT2D eigenvalue weighted by Gasteiger charge is 2.17. The van der Waals surface area contributed by atoms with Crippen LogP contribution in [0.1, 0.15) is 24.2 Å². The number of aromatic nitrogens is 3. The number of piperidine rings is 1. The minimum atomic E-state index is 0.810. The van der Waals surface area contributed by atoms with Gasteiger partial charge in [-0.25, -0.2) is 4.98 Å². The molecule has 2 aromatic heterocycles. The molecule has 1 saturated heterocycles. The number of pyridine rings is 1. The molecule has 0 saturated carbocycles. The van der Waals surface area contributed by atoms with E-state index in [4.69, 9.17) is 0 Å². The summed E-state index contributed by atoms with van der Waals surface area (Å²) >= 11 is 0. The lowest BCUT2D eigenvalue weighted by molar-refractivity contribution is 0.219. The number of imidazole rings is 1. The molecule has 0 N–H and O–H groups in total. The molecule has 3 rings (SSSR count). The van der Waals surface area contributed by atoms with Gasteiger partial charge < -0.3 is 9.47 Å². The number of hydrogen-bond acceptors (Lipinski definition) is 3. The van der Waals surface area contributed by atoms with E-state index in [9.17, 15) is 0 Å². The van der Waals surface area contributed by atoms with Crippen LogP contribution in [-0.4, -0.2) is 39.6 Å². The van der Waals surface area contributed by atoms with E-state index in [1.165, 1.54) is 37.9 Å². The zero-order chi connectivity index (χ0) is 14.8. The highest BCUT2D eigenvalue weighted by atomic mass is 15.1. The molecular formula is C17H24N4. The van der Waals surface area contributed by atoms with Crippen molar-refractivity contribution in [2.75, 3.05) is 20.1 Å². The Kier molecular flexibility index (Phi) is 4.06. The van der Waals surface area contributed by atoms with Crippen molar-refractivity contribution in [3.63, 3.8) is 0 Å². The third-order valence-electron chi connectivity index (χ3n) is 4.67. The van der Waals surface area contributed by atoms with Crippen molar-refractivity contribution >= 4 is 0 Å². The van der Waals surface area contributed by atoms with Gasteiger partial charge in [0.25, 0.3) is 0 Å². The Hall–Kier alpha value is -1.68. The second-order valence-corrected chi connectivity index (χ2v) is 6.25. The van der Waals surface area contributed by atoms with Gasteiger partial charge in [0.1, 0.15) is 5.82 Å². The fourth-order valence-corrected chi connectivity index (χ4v) is 3.08. The number of rotatable bonds is 3. The smallest absolute Gasteiger partial charge is 0.105 e. The van der Waals surface area contributed by atoms with Gasteiger partial charge >= 0.3 is 0 Å². The van der Waals surface area contributed by atoms with Crippen molar-refractivity contribution in [2.24, 2.45) is 13.0 Å². The van der Waals surface area contributed by atoms with E-state index in [0.29, 0.717) is 0 Å². The number of nitrogens with zero attached hydrogens (tertiary/aromatic N) is 4. The first-order valence-electron chi connectivity index (χ1n) is 7.75. The minimum Gasteiger partial charge on any atom is -0.330 e. The SMILES string of the molecule is Cc1ncc(-c2cc(CC3CCN(C)CC3)ccn2)n1C. The van der Waals surface area contributed by atoms with Gasteiger partial charge in [0.2, 0.25) is 0 Å². The van der Waals surface area contributed by atoms with Gasteiger partial charge in [0.05, 0.1) is 17.6 Å². The summed E-state index contributed by atoms with van der Waals surface area (Å²) in [6.07, 6.45) is 7.62. The maximum absolute atomic E-state index is 4.52. The van der Waals surface area contributed by atoms with Gasteiger partial charge in [-0.2, -0.15) is 0 Å². The fourth-order valence-electron chi connectivity index (χ4n) is 3.08. The molecule has 0 bridgehead atoms. The highest BCUT2D eigenvalue weighted by molar-refractivity contribution is 5.55. The Labute approximate surface area is 126 Å². The third-order valence-corrected chi connectivity index (χ3v) is 4.67. The van der Waals surface area contributed by atoms with Crippen molar-refractivity contribution in [1.82, 2.24) is 19.4 Å². The molecule has 21 heavy (non-hydrogen) atoms. The van der Waals surface area contributed by atoms with Crippen LogP contribution in [0.5, 0.6) is 0 Å². The molecule has 0 atom stereocenters. The van der Waals surface area contributed by atoms with Crippen LogP contribution in [-0.2, 0) is 13.5 Å². The molecule has 0 aromatic carbocycles. The Morgan fingerprint density at radius 3 is 2.62 bits per heavy atom. The van der Waals surface area contributed by atoms with Gasteiger partial charge in [-0.1, -0.05) is 0 Å². The van der Waals surface area contributed by atoms with Crippen LogP contribution in [0.3, 0.4) is 0 Å². The number of aryl methyl sites for hydroxylation is 1. The lowest BCUT2D eigenvalue weighted by Gasteiger charge is -2.29. The molecule has 0 aliphatic carbocycles. The normalized spacial score (nSPS) is 17.3. The van der Waals surface area contributed by atoms with Crippen molar-refractivity contribution in [3.05, 3.63) is 35.9 Å². The Bertz CT molecular complexity index is 609. The van der Waals surface area contributed by atoms with E-state index in [0.717, 1.165) is 23.1 Å². The van der Waals surface area contributed by atoms with Crippen LogP contribution in [0.25, 0.3) is 11.4 Å². The quantitative estimate of drug-likeness (QED) is 0.869. The average Bonchev–Trinajstić information content (AvgIpc) is 2.82. The molecule has 112 valence electrons. The molecular weight excluding hydrogens is 260 g/mol. The Morgan fingerprint density at radius 2 is 1.95 bits per heavy atom. The van der Waals surface area contributed by atoms with Crippen LogP contribution >= 0.6 is 0 Å². The zero-order valence-electron chi connectivity index (χ0n) is 13.2. The van der Waals surface area contributed by atoms with Gasteiger partial charge in [-0.3, -0.25) is 4.98 Å². The molecule has 3 heterocycles. The summed E-state index contributed by atoms with van der Waals surface area (Å²) in [7, 11) is 4.26. The van der Waals surface area contributed by atoms with Crippen LogP contribution in [0, 0.1) is 12.8 Å². The monoisotopic (exact) mass is 284 g/mol. The molecule has 0 spiro atoms. The van der Waals surface area contributed by atoms with Crippen LogP contribution in [0.15, 0.2) is 24.5 Å². The predicted octanol–water partition coefficient (Wildman–Crippen LogP) is 2.67. The summed E-state index contributed by atoms with van der Waals surface area (Å²) in [5.74, 6) is 1.83. The molecule has 1 fully saturated rings. The summed E-state index contributed by atoms with van der Waals surface area (Å²) < 4.78 is 2.10. The van der Waals surface area contributed by atoms with Crippen LogP contribution < -0.4 is 0 Å². The van der Waals surface area contributed by atoms with E-state index in [1.54, 1.807) is 0 Å². The molecule has 4 heteroatoms. The van der Waals surface area contributed by atoms with E-state index in [2.05, 4.69) is 38.6 Å². The lowest BCUT2D eigenvalue weighted by Crippen LogP contribution is -2.30. The third kappa shape index (κ3) is 3.16. The Balaban J connectivity index is 1.76. The second kappa shape index (κ2) is 5.98. The average molecular weight is 284 g/mol. The topological polar surface area (TPSA) is 34.0 Å². The lowest BCUT2D eigenvalue weighted by atomic mass is 9.90. The van der Waals surface area contributed by atoms with Crippen molar-refractivity contribution < 1.29 is 0 Å². The van der Waals surface area contributed by atoms with Crippen LogP contribution in [0.4, 0.5) is 0 Å². The number of likely N-dealkylation sites (tertiary alicyclic amines) is 1. The predicted molar refractivity (Wildman–Crippen MR) is 85.1 cm³/mol.